The molecule has 0 radical (unpaired) electrons. The van der Waals surface area contributed by atoms with Crippen molar-refractivity contribution in [2.24, 2.45) is 0 Å². The van der Waals surface area contributed by atoms with Crippen molar-refractivity contribution in [3.63, 3.8) is 0 Å². The highest BCUT2D eigenvalue weighted by atomic mass is 32.2. The number of aromatic nitrogens is 1. The molecule has 1 saturated heterocycles. The SMILES string of the molecule is Cc1ccc(C(=O)N2CCN(S(=O)(=O)c3cccnc3)CC2)cc1F. The highest BCUT2D eigenvalue weighted by Crippen LogP contribution is 2.18. The third-order valence-corrected chi connectivity index (χ3v) is 6.10. The predicted molar refractivity (Wildman–Crippen MR) is 90.0 cm³/mol. The number of sulfonamides is 1. The standard InChI is InChI=1S/C17H18FN3O3S/c1-13-4-5-14(11-16(13)18)17(22)20-7-9-21(10-8-20)25(23,24)15-3-2-6-19-12-15/h2-6,11-12H,7-10H2,1H3. The van der Waals surface area contributed by atoms with Gasteiger partial charge < -0.3 is 4.90 Å². The molecule has 8 heteroatoms. The van der Waals surface area contributed by atoms with E-state index in [1.807, 2.05) is 0 Å². The molecule has 0 N–H and O–H groups in total. The van der Waals surface area contributed by atoms with Gasteiger partial charge in [0, 0.05) is 44.1 Å². The van der Waals surface area contributed by atoms with Gasteiger partial charge in [-0.15, -0.1) is 0 Å². The molecule has 0 atom stereocenters. The van der Waals surface area contributed by atoms with Crippen LogP contribution in [0.1, 0.15) is 15.9 Å². The number of rotatable bonds is 3. The van der Waals surface area contributed by atoms with Gasteiger partial charge in [-0.2, -0.15) is 4.31 Å². The van der Waals surface area contributed by atoms with Crippen molar-refractivity contribution in [2.45, 2.75) is 11.8 Å². The van der Waals surface area contributed by atoms with E-state index in [4.69, 9.17) is 0 Å². The largest absolute Gasteiger partial charge is 0.336 e. The Morgan fingerprint density at radius 3 is 2.48 bits per heavy atom. The molecule has 3 rings (SSSR count). The first-order chi connectivity index (χ1) is 11.9. The monoisotopic (exact) mass is 363 g/mol. The van der Waals surface area contributed by atoms with Gasteiger partial charge in [0.1, 0.15) is 10.7 Å². The third kappa shape index (κ3) is 3.54. The molecule has 0 unspecified atom stereocenters. The van der Waals surface area contributed by atoms with Gasteiger partial charge in [-0.1, -0.05) is 6.07 Å². The summed E-state index contributed by atoms with van der Waals surface area (Å²) in [5.41, 5.74) is 0.746. The molecule has 0 spiro atoms. The van der Waals surface area contributed by atoms with Crippen molar-refractivity contribution in [1.29, 1.82) is 0 Å². The first-order valence-electron chi connectivity index (χ1n) is 7.85. The van der Waals surface area contributed by atoms with E-state index in [2.05, 4.69) is 4.98 Å². The van der Waals surface area contributed by atoms with Crippen LogP contribution in [0.2, 0.25) is 0 Å². The van der Waals surface area contributed by atoms with E-state index < -0.39 is 15.8 Å². The number of benzene rings is 1. The van der Waals surface area contributed by atoms with Crippen molar-refractivity contribution in [1.82, 2.24) is 14.2 Å². The van der Waals surface area contributed by atoms with E-state index in [-0.39, 0.29) is 42.5 Å². The number of hydrogen-bond donors (Lipinski definition) is 0. The normalized spacial score (nSPS) is 16.0. The van der Waals surface area contributed by atoms with Gasteiger partial charge in [-0.3, -0.25) is 9.78 Å². The van der Waals surface area contributed by atoms with Crippen LogP contribution < -0.4 is 0 Å². The van der Waals surface area contributed by atoms with Crippen LogP contribution >= 0.6 is 0 Å². The van der Waals surface area contributed by atoms with Crippen LogP contribution in [-0.2, 0) is 10.0 Å². The van der Waals surface area contributed by atoms with Gasteiger partial charge in [0.05, 0.1) is 0 Å². The summed E-state index contributed by atoms with van der Waals surface area (Å²) in [5.74, 6) is -0.721. The second-order valence-electron chi connectivity index (χ2n) is 5.85. The number of amides is 1. The lowest BCUT2D eigenvalue weighted by Gasteiger charge is -2.34. The van der Waals surface area contributed by atoms with E-state index in [1.54, 1.807) is 30.0 Å². The first kappa shape index (κ1) is 17.5. The molecule has 0 aliphatic carbocycles. The summed E-state index contributed by atoms with van der Waals surface area (Å²) < 4.78 is 40.1. The third-order valence-electron chi connectivity index (χ3n) is 4.22. The van der Waals surface area contributed by atoms with E-state index >= 15 is 0 Å². The molecule has 25 heavy (non-hydrogen) atoms. The second kappa shape index (κ2) is 6.89. The minimum atomic E-state index is -3.62. The van der Waals surface area contributed by atoms with Gasteiger partial charge in [-0.05, 0) is 36.8 Å². The summed E-state index contributed by atoms with van der Waals surface area (Å²) in [6.07, 6.45) is 2.82. The van der Waals surface area contributed by atoms with Crippen molar-refractivity contribution in [2.75, 3.05) is 26.2 Å². The van der Waals surface area contributed by atoms with Crippen LogP contribution in [-0.4, -0.2) is 54.7 Å². The zero-order chi connectivity index (χ0) is 18.0. The molecule has 1 aliphatic heterocycles. The fourth-order valence-electron chi connectivity index (χ4n) is 2.69. The van der Waals surface area contributed by atoms with Gasteiger partial charge >= 0.3 is 0 Å². The quantitative estimate of drug-likeness (QED) is 0.832. The Balaban J connectivity index is 1.69. The number of aryl methyl sites for hydroxylation is 1. The highest BCUT2D eigenvalue weighted by Gasteiger charge is 2.30. The van der Waals surface area contributed by atoms with Gasteiger partial charge in [0.2, 0.25) is 10.0 Å². The lowest BCUT2D eigenvalue weighted by atomic mass is 10.1. The van der Waals surface area contributed by atoms with E-state index in [0.29, 0.717) is 5.56 Å². The molecule has 1 aliphatic rings. The number of carbonyl (C=O) groups is 1. The molecule has 2 heterocycles. The molecular weight excluding hydrogens is 345 g/mol. The maximum absolute atomic E-state index is 13.6. The van der Waals surface area contributed by atoms with Crippen molar-refractivity contribution < 1.29 is 17.6 Å². The highest BCUT2D eigenvalue weighted by molar-refractivity contribution is 7.89. The molecular formula is C17H18FN3O3S. The fraction of sp³-hybridized carbons (Fsp3) is 0.294. The Labute approximate surface area is 145 Å². The summed E-state index contributed by atoms with van der Waals surface area (Å²) in [5, 5.41) is 0. The summed E-state index contributed by atoms with van der Waals surface area (Å²) >= 11 is 0. The predicted octanol–water partition coefficient (Wildman–Crippen LogP) is 1.68. The lowest BCUT2D eigenvalue weighted by molar-refractivity contribution is 0.0697. The van der Waals surface area contributed by atoms with E-state index in [9.17, 15) is 17.6 Å². The Morgan fingerprint density at radius 2 is 1.88 bits per heavy atom. The van der Waals surface area contributed by atoms with Crippen LogP contribution in [0.15, 0.2) is 47.6 Å². The molecule has 6 nitrogen and oxygen atoms in total. The Hall–Kier alpha value is -2.32. The van der Waals surface area contributed by atoms with Crippen LogP contribution in [0.5, 0.6) is 0 Å². The molecule has 132 valence electrons. The van der Waals surface area contributed by atoms with Gasteiger partial charge in [-0.25, -0.2) is 12.8 Å². The maximum atomic E-state index is 13.6. The molecule has 0 bridgehead atoms. The Bertz CT molecular complexity index is 879. The summed E-state index contributed by atoms with van der Waals surface area (Å²) in [4.78, 5) is 18.0. The summed E-state index contributed by atoms with van der Waals surface area (Å²) in [6, 6.07) is 7.43. The van der Waals surface area contributed by atoms with E-state index in [1.165, 1.54) is 28.8 Å². The van der Waals surface area contributed by atoms with Gasteiger partial charge in [0.25, 0.3) is 5.91 Å². The number of piperazine rings is 1. The minimum Gasteiger partial charge on any atom is -0.336 e. The number of nitrogens with zero attached hydrogens (tertiary/aromatic N) is 3. The molecule has 1 amide bonds. The number of halogens is 1. The maximum Gasteiger partial charge on any atom is 0.254 e. The van der Waals surface area contributed by atoms with E-state index in [0.717, 1.165) is 0 Å². The fourth-order valence-corrected chi connectivity index (χ4v) is 4.08. The van der Waals surface area contributed by atoms with Crippen LogP contribution in [0.25, 0.3) is 0 Å². The smallest absolute Gasteiger partial charge is 0.254 e. The zero-order valence-electron chi connectivity index (χ0n) is 13.7. The van der Waals surface area contributed by atoms with Crippen molar-refractivity contribution >= 4 is 15.9 Å². The average molecular weight is 363 g/mol. The average Bonchev–Trinajstić information content (AvgIpc) is 2.64. The summed E-state index contributed by atoms with van der Waals surface area (Å²) in [7, 11) is -3.62. The Morgan fingerprint density at radius 1 is 1.16 bits per heavy atom. The first-order valence-corrected chi connectivity index (χ1v) is 9.29. The lowest BCUT2D eigenvalue weighted by Crippen LogP contribution is -2.50. The molecule has 1 aromatic carbocycles. The molecule has 2 aromatic rings. The van der Waals surface area contributed by atoms with Crippen LogP contribution in [0, 0.1) is 12.7 Å². The van der Waals surface area contributed by atoms with Crippen LogP contribution in [0.4, 0.5) is 4.39 Å². The second-order valence-corrected chi connectivity index (χ2v) is 7.79. The molecule has 1 aromatic heterocycles. The van der Waals surface area contributed by atoms with Crippen molar-refractivity contribution in [3.8, 4) is 0 Å². The minimum absolute atomic E-state index is 0.135. The zero-order valence-corrected chi connectivity index (χ0v) is 14.5. The topological polar surface area (TPSA) is 70.6 Å². The van der Waals surface area contributed by atoms with Crippen molar-refractivity contribution in [3.05, 3.63) is 59.7 Å². The number of pyridine rings is 1. The number of hydrogen-bond acceptors (Lipinski definition) is 4. The van der Waals surface area contributed by atoms with Crippen LogP contribution in [0.3, 0.4) is 0 Å². The molecule has 1 fully saturated rings. The molecule has 0 saturated carbocycles. The summed E-state index contributed by atoms with van der Waals surface area (Å²) in [6.45, 7) is 2.53. The number of carbonyl (C=O) groups excluding carboxylic acids is 1. The Kier molecular flexibility index (Phi) is 4.82. The van der Waals surface area contributed by atoms with Gasteiger partial charge in [0.15, 0.2) is 0 Å².